The third kappa shape index (κ3) is 5.34. The van der Waals surface area contributed by atoms with Crippen LogP contribution in [0.1, 0.15) is 56.3 Å². The van der Waals surface area contributed by atoms with Gasteiger partial charge in [0.2, 0.25) is 5.91 Å². The van der Waals surface area contributed by atoms with Crippen molar-refractivity contribution in [2.75, 3.05) is 25.0 Å². The van der Waals surface area contributed by atoms with E-state index < -0.39 is 0 Å². The van der Waals surface area contributed by atoms with Crippen LogP contribution in [-0.2, 0) is 4.79 Å². The Hall–Kier alpha value is -1.88. The molecule has 0 bridgehead atoms. The highest BCUT2D eigenvalue weighted by molar-refractivity contribution is 5.96. The lowest BCUT2D eigenvalue weighted by atomic mass is 9.95. The molecule has 0 aliphatic heterocycles. The third-order valence-electron chi connectivity index (χ3n) is 4.62. The Bertz CT molecular complexity index is 532. The van der Waals surface area contributed by atoms with Crippen LogP contribution in [0, 0.1) is 0 Å². The van der Waals surface area contributed by atoms with E-state index in [0.29, 0.717) is 31.2 Å². The van der Waals surface area contributed by atoms with Crippen molar-refractivity contribution in [3.63, 3.8) is 0 Å². The molecule has 2 amide bonds. The van der Waals surface area contributed by atoms with Crippen LogP contribution in [0.2, 0.25) is 0 Å². The molecule has 2 N–H and O–H groups in total. The Morgan fingerprint density at radius 3 is 2.25 bits per heavy atom. The van der Waals surface area contributed by atoms with E-state index in [1.54, 1.807) is 29.2 Å². The number of nitrogens with one attached hydrogen (secondary N) is 2. The molecule has 1 aliphatic rings. The van der Waals surface area contributed by atoms with Crippen LogP contribution in [0.4, 0.5) is 5.69 Å². The average molecular weight is 331 g/mol. The second-order valence-electron chi connectivity index (χ2n) is 6.32. The molecule has 5 nitrogen and oxygen atoms in total. The smallest absolute Gasteiger partial charge is 0.253 e. The molecule has 5 heteroatoms. The van der Waals surface area contributed by atoms with Crippen molar-refractivity contribution < 1.29 is 9.59 Å². The van der Waals surface area contributed by atoms with E-state index in [0.717, 1.165) is 18.5 Å². The van der Waals surface area contributed by atoms with E-state index in [1.165, 1.54) is 19.3 Å². The number of anilines is 1. The largest absolute Gasteiger partial charge is 0.339 e. The Morgan fingerprint density at radius 1 is 1.04 bits per heavy atom. The molecule has 0 radical (unpaired) electrons. The van der Waals surface area contributed by atoms with Crippen molar-refractivity contribution >= 4 is 17.5 Å². The first-order chi connectivity index (χ1) is 11.6. The summed E-state index contributed by atoms with van der Waals surface area (Å²) in [4.78, 5) is 26.1. The molecule has 1 aliphatic carbocycles. The zero-order chi connectivity index (χ0) is 17.4. The fraction of sp³-hybridized carbons (Fsp3) is 0.579. The van der Waals surface area contributed by atoms with Crippen LogP contribution in [0.25, 0.3) is 0 Å². The summed E-state index contributed by atoms with van der Waals surface area (Å²) in [6.07, 6.45) is 6.14. The zero-order valence-corrected chi connectivity index (χ0v) is 14.8. The number of carbonyl (C=O) groups excluding carboxylic acids is 2. The molecule has 1 aromatic carbocycles. The molecular formula is C19H29N3O2. The van der Waals surface area contributed by atoms with Gasteiger partial charge in [0.15, 0.2) is 0 Å². The molecule has 24 heavy (non-hydrogen) atoms. The van der Waals surface area contributed by atoms with E-state index in [9.17, 15) is 9.59 Å². The lowest BCUT2D eigenvalue weighted by molar-refractivity contribution is -0.115. The van der Waals surface area contributed by atoms with E-state index >= 15 is 0 Å². The molecule has 1 aromatic rings. The summed E-state index contributed by atoms with van der Waals surface area (Å²) in [6.45, 7) is 5.66. The molecule has 0 saturated heterocycles. The maximum atomic E-state index is 12.2. The minimum Gasteiger partial charge on any atom is -0.339 e. The van der Waals surface area contributed by atoms with Gasteiger partial charge in [-0.25, -0.2) is 0 Å². The van der Waals surface area contributed by atoms with Crippen LogP contribution in [0.15, 0.2) is 24.3 Å². The van der Waals surface area contributed by atoms with E-state index in [-0.39, 0.29) is 11.8 Å². The summed E-state index contributed by atoms with van der Waals surface area (Å²) in [7, 11) is 0. The van der Waals surface area contributed by atoms with Gasteiger partial charge in [0.05, 0.1) is 6.54 Å². The molecule has 1 saturated carbocycles. The molecule has 0 unspecified atom stereocenters. The van der Waals surface area contributed by atoms with Crippen LogP contribution in [0.3, 0.4) is 0 Å². The number of hydrogen-bond acceptors (Lipinski definition) is 3. The summed E-state index contributed by atoms with van der Waals surface area (Å²) >= 11 is 0. The van der Waals surface area contributed by atoms with Crippen LogP contribution in [-0.4, -0.2) is 42.4 Å². The Labute approximate surface area is 144 Å². The van der Waals surface area contributed by atoms with E-state index in [4.69, 9.17) is 0 Å². The minimum absolute atomic E-state index is 0.0249. The summed E-state index contributed by atoms with van der Waals surface area (Å²) in [5.74, 6) is -0.0137. The molecule has 2 rings (SSSR count). The van der Waals surface area contributed by atoms with Gasteiger partial charge in [-0.15, -0.1) is 0 Å². The van der Waals surface area contributed by atoms with Gasteiger partial charge in [0.25, 0.3) is 5.91 Å². The lowest BCUT2D eigenvalue weighted by Crippen LogP contribution is -2.37. The van der Waals surface area contributed by atoms with Crippen LogP contribution < -0.4 is 10.6 Å². The molecule has 0 heterocycles. The SMILES string of the molecule is CCN(CC)C(=O)c1ccc(NC(=O)CNC2CCCCC2)cc1. The number of nitrogens with zero attached hydrogens (tertiary/aromatic N) is 1. The van der Waals surface area contributed by atoms with Gasteiger partial charge in [-0.1, -0.05) is 19.3 Å². The van der Waals surface area contributed by atoms with Crippen LogP contribution >= 0.6 is 0 Å². The third-order valence-corrected chi connectivity index (χ3v) is 4.62. The number of benzene rings is 1. The number of rotatable bonds is 7. The topological polar surface area (TPSA) is 61.4 Å². The molecular weight excluding hydrogens is 302 g/mol. The Morgan fingerprint density at radius 2 is 1.67 bits per heavy atom. The van der Waals surface area contributed by atoms with Crippen molar-refractivity contribution in [1.82, 2.24) is 10.2 Å². The van der Waals surface area contributed by atoms with Crippen LogP contribution in [0.5, 0.6) is 0 Å². The number of amides is 2. The maximum Gasteiger partial charge on any atom is 0.253 e. The number of carbonyl (C=O) groups is 2. The fourth-order valence-corrected chi connectivity index (χ4v) is 3.14. The van der Waals surface area contributed by atoms with Gasteiger partial charge >= 0.3 is 0 Å². The molecule has 1 fully saturated rings. The maximum absolute atomic E-state index is 12.2. The highest BCUT2D eigenvalue weighted by atomic mass is 16.2. The average Bonchev–Trinajstić information content (AvgIpc) is 2.62. The normalized spacial score (nSPS) is 15.1. The van der Waals surface area contributed by atoms with Crippen molar-refractivity contribution in [1.29, 1.82) is 0 Å². The second-order valence-corrected chi connectivity index (χ2v) is 6.32. The second kappa shape index (κ2) is 9.42. The summed E-state index contributed by atoms with van der Waals surface area (Å²) in [6, 6.07) is 7.58. The van der Waals surface area contributed by atoms with Gasteiger partial charge in [0.1, 0.15) is 0 Å². The number of hydrogen-bond donors (Lipinski definition) is 2. The highest BCUT2D eigenvalue weighted by Gasteiger charge is 2.15. The van der Waals surface area contributed by atoms with Gasteiger partial charge in [-0.2, -0.15) is 0 Å². The van der Waals surface area contributed by atoms with Crippen molar-refractivity contribution in [3.05, 3.63) is 29.8 Å². The van der Waals surface area contributed by atoms with E-state index in [2.05, 4.69) is 10.6 Å². The summed E-state index contributed by atoms with van der Waals surface area (Å²) < 4.78 is 0. The van der Waals surface area contributed by atoms with Gasteiger partial charge in [-0.3, -0.25) is 9.59 Å². The van der Waals surface area contributed by atoms with Crippen molar-refractivity contribution in [2.45, 2.75) is 52.0 Å². The minimum atomic E-state index is -0.0385. The predicted octanol–water partition coefficient (Wildman–Crippen LogP) is 3.03. The molecule has 0 spiro atoms. The first-order valence-corrected chi connectivity index (χ1v) is 9.06. The van der Waals surface area contributed by atoms with Gasteiger partial charge < -0.3 is 15.5 Å². The van der Waals surface area contributed by atoms with Gasteiger partial charge in [0, 0.05) is 30.4 Å². The van der Waals surface area contributed by atoms with Gasteiger partial charge in [-0.05, 0) is 51.0 Å². The first-order valence-electron chi connectivity index (χ1n) is 9.06. The molecule has 0 atom stereocenters. The Balaban J connectivity index is 1.82. The Kier molecular flexibility index (Phi) is 7.25. The fourth-order valence-electron chi connectivity index (χ4n) is 3.14. The quantitative estimate of drug-likeness (QED) is 0.807. The summed E-state index contributed by atoms with van der Waals surface area (Å²) in [5.41, 5.74) is 1.37. The molecule has 0 aromatic heterocycles. The van der Waals surface area contributed by atoms with Crippen molar-refractivity contribution in [2.24, 2.45) is 0 Å². The zero-order valence-electron chi connectivity index (χ0n) is 14.8. The highest BCUT2D eigenvalue weighted by Crippen LogP contribution is 2.17. The summed E-state index contributed by atoms with van der Waals surface area (Å²) in [5, 5.41) is 6.21. The van der Waals surface area contributed by atoms with E-state index in [1.807, 2.05) is 13.8 Å². The standard InChI is InChI=1S/C19H29N3O2/c1-3-22(4-2)19(24)15-10-12-17(13-11-15)21-18(23)14-20-16-8-6-5-7-9-16/h10-13,16,20H,3-9,14H2,1-2H3,(H,21,23). The van der Waals surface area contributed by atoms with Crippen molar-refractivity contribution in [3.8, 4) is 0 Å². The predicted molar refractivity (Wildman–Crippen MR) is 97.2 cm³/mol. The first kappa shape index (κ1) is 18.5. The monoisotopic (exact) mass is 331 g/mol. The lowest BCUT2D eigenvalue weighted by Gasteiger charge is -2.22. The molecule has 132 valence electrons.